The van der Waals surface area contributed by atoms with E-state index in [0.717, 1.165) is 5.84 Å². The van der Waals surface area contributed by atoms with E-state index in [4.69, 9.17) is 0 Å². The minimum Gasteiger partial charge on any atom is -0.234 e. The van der Waals surface area contributed by atoms with Crippen molar-refractivity contribution in [3.8, 4) is 0 Å². The van der Waals surface area contributed by atoms with E-state index in [1.807, 2.05) is 0 Å². The molecule has 0 saturated carbocycles. The summed E-state index contributed by atoms with van der Waals surface area (Å²) in [6.45, 7) is 2.07. The van der Waals surface area contributed by atoms with Crippen LogP contribution in [-0.2, 0) is 0 Å². The number of aliphatic imine (C=N–C) groups is 1. The number of thiophene rings is 1. The van der Waals surface area contributed by atoms with E-state index in [0.29, 0.717) is 0 Å². The summed E-state index contributed by atoms with van der Waals surface area (Å²) < 4.78 is 0. The third kappa shape index (κ3) is 1.07. The molecular weight excluding hydrogens is 156 g/mol. The van der Waals surface area contributed by atoms with Crippen molar-refractivity contribution >= 4 is 17.2 Å². The number of hydrogen-bond acceptors (Lipinski definition) is 2. The quantitative estimate of drug-likeness (QED) is 0.604. The van der Waals surface area contributed by atoms with Crippen LogP contribution in [0.15, 0.2) is 28.8 Å². The van der Waals surface area contributed by atoms with Crippen molar-refractivity contribution in [2.45, 2.75) is 6.92 Å². The number of hydrogen-bond donors (Lipinski definition) is 0. The van der Waals surface area contributed by atoms with Gasteiger partial charge in [0, 0.05) is 12.4 Å². The number of amidine groups is 1. The third-order valence-corrected chi connectivity index (χ3v) is 2.54. The molecule has 1 aliphatic heterocycles. The molecule has 0 atom stereocenters. The number of aryl methyl sites for hydroxylation is 1. The highest BCUT2D eigenvalue weighted by Gasteiger charge is 2.09. The van der Waals surface area contributed by atoms with E-state index in [9.17, 15) is 0 Å². The van der Waals surface area contributed by atoms with Crippen LogP contribution in [0.25, 0.3) is 0 Å². The predicted octanol–water partition coefficient (Wildman–Crippen LogP) is 1.89. The highest BCUT2D eigenvalue weighted by Crippen LogP contribution is 2.17. The maximum Gasteiger partial charge on any atom is 0.169 e. The first-order valence-corrected chi connectivity index (χ1v) is 4.24. The van der Waals surface area contributed by atoms with E-state index in [2.05, 4.69) is 28.7 Å². The van der Waals surface area contributed by atoms with Crippen LogP contribution in [0.5, 0.6) is 0 Å². The first-order valence-electron chi connectivity index (χ1n) is 3.36. The molecule has 0 bridgehead atoms. The first kappa shape index (κ1) is 6.61. The van der Waals surface area contributed by atoms with Gasteiger partial charge >= 0.3 is 0 Å². The SMILES string of the molecule is Cc1ccsc1C1=NC=C[N]1. The van der Waals surface area contributed by atoms with Crippen molar-refractivity contribution in [1.82, 2.24) is 5.32 Å². The minimum atomic E-state index is 0.845. The molecule has 0 aromatic carbocycles. The van der Waals surface area contributed by atoms with Crippen LogP contribution < -0.4 is 5.32 Å². The lowest BCUT2D eigenvalue weighted by Crippen LogP contribution is -2.06. The Morgan fingerprint density at radius 1 is 1.36 bits per heavy atom. The van der Waals surface area contributed by atoms with Crippen LogP contribution in [0.3, 0.4) is 0 Å². The highest BCUT2D eigenvalue weighted by molar-refractivity contribution is 7.12. The second-order valence-electron chi connectivity index (χ2n) is 2.31. The predicted molar refractivity (Wildman–Crippen MR) is 46.9 cm³/mol. The Morgan fingerprint density at radius 2 is 2.27 bits per heavy atom. The van der Waals surface area contributed by atoms with E-state index in [-0.39, 0.29) is 0 Å². The van der Waals surface area contributed by atoms with Gasteiger partial charge in [-0.2, -0.15) is 0 Å². The van der Waals surface area contributed by atoms with Crippen LogP contribution in [-0.4, -0.2) is 5.84 Å². The minimum absolute atomic E-state index is 0.845. The molecule has 3 heteroatoms. The summed E-state index contributed by atoms with van der Waals surface area (Å²) in [7, 11) is 0. The lowest BCUT2D eigenvalue weighted by Gasteiger charge is -1.95. The van der Waals surface area contributed by atoms with E-state index in [1.165, 1.54) is 10.4 Å². The second kappa shape index (κ2) is 2.51. The second-order valence-corrected chi connectivity index (χ2v) is 3.23. The number of rotatable bonds is 1. The largest absolute Gasteiger partial charge is 0.234 e. The molecule has 0 spiro atoms. The van der Waals surface area contributed by atoms with Crippen molar-refractivity contribution in [1.29, 1.82) is 0 Å². The number of nitrogens with zero attached hydrogens (tertiary/aromatic N) is 2. The zero-order valence-electron chi connectivity index (χ0n) is 6.11. The molecule has 55 valence electrons. The van der Waals surface area contributed by atoms with E-state index >= 15 is 0 Å². The summed E-state index contributed by atoms with van der Waals surface area (Å²) >= 11 is 1.68. The average molecular weight is 163 g/mol. The van der Waals surface area contributed by atoms with Gasteiger partial charge in [-0.3, -0.25) is 0 Å². The summed E-state index contributed by atoms with van der Waals surface area (Å²) in [5, 5.41) is 6.18. The average Bonchev–Trinajstić information content (AvgIpc) is 2.55. The molecule has 2 rings (SSSR count). The van der Waals surface area contributed by atoms with Crippen molar-refractivity contribution in [2.24, 2.45) is 4.99 Å². The lowest BCUT2D eigenvalue weighted by molar-refractivity contribution is 1.29. The molecule has 11 heavy (non-hydrogen) atoms. The van der Waals surface area contributed by atoms with Crippen LogP contribution in [0, 0.1) is 6.92 Å². The summed E-state index contributed by atoms with van der Waals surface area (Å²) in [6.07, 6.45) is 3.43. The van der Waals surface area contributed by atoms with Gasteiger partial charge in [0.05, 0.1) is 4.88 Å². The molecule has 1 aromatic rings. The van der Waals surface area contributed by atoms with Gasteiger partial charge in [0.1, 0.15) is 0 Å². The van der Waals surface area contributed by atoms with E-state index in [1.54, 1.807) is 23.7 Å². The summed E-state index contributed by atoms with van der Waals surface area (Å²) in [5.74, 6) is 0.845. The zero-order valence-corrected chi connectivity index (χ0v) is 6.93. The Balaban J connectivity index is 2.37. The molecule has 0 saturated heterocycles. The molecule has 2 nitrogen and oxygen atoms in total. The maximum atomic E-state index is 4.12. The van der Waals surface area contributed by atoms with E-state index < -0.39 is 0 Å². The highest BCUT2D eigenvalue weighted by atomic mass is 32.1. The van der Waals surface area contributed by atoms with Crippen molar-refractivity contribution in [3.63, 3.8) is 0 Å². The Kier molecular flexibility index (Phi) is 1.51. The molecular formula is C8H7N2S. The Bertz CT molecular complexity index is 323. The summed E-state index contributed by atoms with van der Waals surface area (Å²) in [5.41, 5.74) is 1.25. The summed E-state index contributed by atoms with van der Waals surface area (Å²) in [4.78, 5) is 5.29. The van der Waals surface area contributed by atoms with Gasteiger partial charge in [0.15, 0.2) is 5.84 Å². The molecule has 1 aromatic heterocycles. The smallest absolute Gasteiger partial charge is 0.169 e. The van der Waals surface area contributed by atoms with Crippen LogP contribution in [0.2, 0.25) is 0 Å². The first-order chi connectivity index (χ1) is 5.38. The molecule has 0 aliphatic carbocycles. The normalized spacial score (nSPS) is 14.8. The fourth-order valence-electron chi connectivity index (χ4n) is 0.960. The third-order valence-electron chi connectivity index (χ3n) is 1.53. The van der Waals surface area contributed by atoms with Gasteiger partial charge in [-0.15, -0.1) is 11.3 Å². The fraction of sp³-hybridized carbons (Fsp3) is 0.125. The van der Waals surface area contributed by atoms with Crippen molar-refractivity contribution in [2.75, 3.05) is 0 Å². The molecule has 1 radical (unpaired) electrons. The molecule has 2 heterocycles. The summed E-state index contributed by atoms with van der Waals surface area (Å²) in [6, 6.07) is 2.08. The molecule has 1 aliphatic rings. The molecule has 0 N–H and O–H groups in total. The fourth-order valence-corrected chi connectivity index (χ4v) is 1.83. The topological polar surface area (TPSA) is 26.5 Å². The Morgan fingerprint density at radius 3 is 2.82 bits per heavy atom. The lowest BCUT2D eigenvalue weighted by atomic mass is 10.3. The van der Waals surface area contributed by atoms with Gasteiger partial charge in [0.2, 0.25) is 0 Å². The van der Waals surface area contributed by atoms with Gasteiger partial charge in [0.25, 0.3) is 0 Å². The molecule has 0 fully saturated rings. The molecule has 0 amide bonds. The maximum absolute atomic E-state index is 4.12. The Labute approximate surface area is 69.3 Å². The molecule has 0 unspecified atom stereocenters. The van der Waals surface area contributed by atoms with Gasteiger partial charge in [-0.25, -0.2) is 10.3 Å². The van der Waals surface area contributed by atoms with Crippen LogP contribution in [0.1, 0.15) is 10.4 Å². The monoisotopic (exact) mass is 163 g/mol. The van der Waals surface area contributed by atoms with Gasteiger partial charge < -0.3 is 0 Å². The van der Waals surface area contributed by atoms with Gasteiger partial charge in [-0.05, 0) is 23.9 Å². The van der Waals surface area contributed by atoms with Crippen molar-refractivity contribution in [3.05, 3.63) is 34.3 Å². The van der Waals surface area contributed by atoms with Gasteiger partial charge in [-0.1, -0.05) is 0 Å². The van der Waals surface area contributed by atoms with Crippen molar-refractivity contribution < 1.29 is 0 Å². The van der Waals surface area contributed by atoms with Crippen LogP contribution in [0.4, 0.5) is 0 Å². The zero-order chi connectivity index (χ0) is 7.68. The standard InChI is InChI=1S/C8H7N2S/c1-6-2-5-11-7(6)8-9-3-4-10-8/h2-5H,1H3. The van der Waals surface area contributed by atoms with Crippen LogP contribution >= 0.6 is 11.3 Å². The Hall–Kier alpha value is -1.09.